The largest absolute Gasteiger partial charge is 0.462 e. The summed E-state index contributed by atoms with van der Waals surface area (Å²) in [4.78, 5) is 25.4. The van der Waals surface area contributed by atoms with Gasteiger partial charge in [-0.3, -0.25) is 9.59 Å². The highest BCUT2D eigenvalue weighted by atomic mass is 16.6. The second kappa shape index (κ2) is 52.7. The number of carbonyl (C=O) groups is 2. The van der Waals surface area contributed by atoms with Gasteiger partial charge in [-0.2, -0.15) is 0 Å². The Bertz CT molecular complexity index is 1110. The Kier molecular flexibility index (Phi) is 50.4. The van der Waals surface area contributed by atoms with Gasteiger partial charge in [-0.25, -0.2) is 0 Å². The fourth-order valence-corrected chi connectivity index (χ4v) is 7.24. The smallest absolute Gasteiger partial charge is 0.306 e. The minimum Gasteiger partial charge on any atom is -0.462 e. The molecule has 5 nitrogen and oxygen atoms in total. The molecule has 0 aliphatic carbocycles. The Morgan fingerprint density at radius 1 is 0.371 bits per heavy atom. The lowest BCUT2D eigenvalue weighted by Gasteiger charge is -2.18. The van der Waals surface area contributed by atoms with Crippen molar-refractivity contribution in [1.29, 1.82) is 0 Å². The molecule has 0 aliphatic heterocycles. The monoisotopic (exact) mass is 865 g/mol. The van der Waals surface area contributed by atoms with E-state index in [1.807, 2.05) is 0 Å². The molecule has 0 fully saturated rings. The molecule has 0 saturated heterocycles. The van der Waals surface area contributed by atoms with Crippen LogP contribution in [0, 0.1) is 0 Å². The quantitative estimate of drug-likeness (QED) is 0.0346. The molecule has 0 amide bonds. The summed E-state index contributed by atoms with van der Waals surface area (Å²) in [5, 5.41) is 0. The molecule has 62 heavy (non-hydrogen) atoms. The fourth-order valence-electron chi connectivity index (χ4n) is 7.24. The van der Waals surface area contributed by atoms with Crippen LogP contribution in [0.4, 0.5) is 0 Å². The first-order valence-electron chi connectivity index (χ1n) is 26.5. The number of carbonyl (C=O) groups excluding carboxylic acids is 2. The first-order valence-corrected chi connectivity index (χ1v) is 26.5. The van der Waals surface area contributed by atoms with Crippen LogP contribution in [-0.4, -0.2) is 37.9 Å². The van der Waals surface area contributed by atoms with Gasteiger partial charge in [0.25, 0.3) is 0 Å². The van der Waals surface area contributed by atoms with Crippen molar-refractivity contribution < 1.29 is 23.8 Å². The molecular formula is C57H100O5. The van der Waals surface area contributed by atoms with Crippen molar-refractivity contribution >= 4 is 11.9 Å². The van der Waals surface area contributed by atoms with Crippen LogP contribution >= 0.6 is 0 Å². The molecule has 0 aliphatic rings. The van der Waals surface area contributed by atoms with Crippen molar-refractivity contribution in [2.24, 2.45) is 0 Å². The first kappa shape index (κ1) is 59.3. The number of hydrogen-bond acceptors (Lipinski definition) is 5. The van der Waals surface area contributed by atoms with E-state index in [2.05, 4.69) is 93.7 Å². The van der Waals surface area contributed by atoms with Crippen LogP contribution in [0.1, 0.15) is 252 Å². The molecule has 0 spiro atoms. The Morgan fingerprint density at radius 2 is 0.742 bits per heavy atom. The number of allylic oxidation sites excluding steroid dienone is 12. The number of unbranched alkanes of at least 4 members (excludes halogenated alkanes) is 25. The van der Waals surface area contributed by atoms with Gasteiger partial charge in [-0.05, 0) is 103 Å². The van der Waals surface area contributed by atoms with E-state index in [0.717, 1.165) is 89.9 Å². The molecule has 0 aromatic rings. The average molecular weight is 865 g/mol. The van der Waals surface area contributed by atoms with Crippen molar-refractivity contribution in [2.75, 3.05) is 19.8 Å². The molecule has 0 aromatic carbocycles. The minimum atomic E-state index is -0.551. The van der Waals surface area contributed by atoms with Gasteiger partial charge in [0, 0.05) is 19.4 Å². The van der Waals surface area contributed by atoms with Gasteiger partial charge in [-0.15, -0.1) is 0 Å². The summed E-state index contributed by atoms with van der Waals surface area (Å²) in [7, 11) is 0. The highest BCUT2D eigenvalue weighted by Crippen LogP contribution is 2.14. The fraction of sp³-hybridized carbons (Fsp3) is 0.754. The molecule has 0 heterocycles. The normalized spacial score (nSPS) is 12.8. The Hall–Kier alpha value is -2.66. The number of hydrogen-bond donors (Lipinski definition) is 0. The van der Waals surface area contributed by atoms with Gasteiger partial charge < -0.3 is 14.2 Å². The van der Waals surface area contributed by atoms with Crippen LogP contribution in [0.15, 0.2) is 72.9 Å². The van der Waals surface area contributed by atoms with E-state index in [4.69, 9.17) is 14.2 Å². The van der Waals surface area contributed by atoms with Gasteiger partial charge >= 0.3 is 11.9 Å². The molecule has 5 heteroatoms. The lowest BCUT2D eigenvalue weighted by molar-refractivity contribution is -0.163. The lowest BCUT2D eigenvalue weighted by atomic mass is 10.1. The molecule has 0 radical (unpaired) electrons. The molecule has 1 atom stereocenters. The first-order chi connectivity index (χ1) is 30.6. The SMILES string of the molecule is CC/C=C\C/C=C\C/C=C\C/C=C\CCCCCCCCCOCC(COC(=O)CCCCCCC/C=C\CCCCCCCC)OC(=O)CCCCCCC/C=C\CCCC. The van der Waals surface area contributed by atoms with Gasteiger partial charge in [-0.1, -0.05) is 209 Å². The van der Waals surface area contributed by atoms with Crippen molar-refractivity contribution in [3.05, 3.63) is 72.9 Å². The Labute approximate surface area is 385 Å². The van der Waals surface area contributed by atoms with Crippen LogP contribution in [0.3, 0.4) is 0 Å². The van der Waals surface area contributed by atoms with Gasteiger partial charge in [0.15, 0.2) is 6.10 Å². The molecule has 1 unspecified atom stereocenters. The maximum atomic E-state index is 12.8. The summed E-state index contributed by atoms with van der Waals surface area (Å²) in [6.07, 6.45) is 67.7. The Balaban J connectivity index is 4.26. The van der Waals surface area contributed by atoms with Gasteiger partial charge in [0.1, 0.15) is 6.61 Å². The maximum absolute atomic E-state index is 12.8. The van der Waals surface area contributed by atoms with Crippen LogP contribution in [0.2, 0.25) is 0 Å². The molecule has 0 rings (SSSR count). The zero-order chi connectivity index (χ0) is 44.9. The van der Waals surface area contributed by atoms with E-state index in [1.54, 1.807) is 0 Å². The zero-order valence-electron chi connectivity index (χ0n) is 41.1. The van der Waals surface area contributed by atoms with Crippen molar-refractivity contribution in [3.63, 3.8) is 0 Å². The lowest BCUT2D eigenvalue weighted by Crippen LogP contribution is -2.30. The predicted octanol–water partition coefficient (Wildman–Crippen LogP) is 17.9. The van der Waals surface area contributed by atoms with E-state index < -0.39 is 6.10 Å². The average Bonchev–Trinajstić information content (AvgIpc) is 3.27. The summed E-state index contributed by atoms with van der Waals surface area (Å²) in [5.74, 6) is -0.421. The minimum absolute atomic E-state index is 0.0718. The van der Waals surface area contributed by atoms with E-state index in [-0.39, 0.29) is 25.2 Å². The predicted molar refractivity (Wildman–Crippen MR) is 270 cm³/mol. The zero-order valence-corrected chi connectivity index (χ0v) is 41.1. The second-order valence-electron chi connectivity index (χ2n) is 17.4. The summed E-state index contributed by atoms with van der Waals surface area (Å²) >= 11 is 0. The second-order valence-corrected chi connectivity index (χ2v) is 17.4. The van der Waals surface area contributed by atoms with Gasteiger partial charge in [0.2, 0.25) is 0 Å². The summed E-state index contributed by atoms with van der Waals surface area (Å²) < 4.78 is 17.4. The third kappa shape index (κ3) is 50.0. The molecule has 358 valence electrons. The third-order valence-electron chi connectivity index (χ3n) is 11.2. The van der Waals surface area contributed by atoms with Crippen LogP contribution in [-0.2, 0) is 23.8 Å². The maximum Gasteiger partial charge on any atom is 0.306 e. The highest BCUT2D eigenvalue weighted by Gasteiger charge is 2.17. The van der Waals surface area contributed by atoms with Crippen molar-refractivity contribution in [3.8, 4) is 0 Å². The number of esters is 2. The standard InChI is InChI=1S/C57H100O5/c1-4-7-10-13-16-19-22-24-26-27-28-29-30-32-34-37-40-43-46-49-52-60-53-55(62-57(59)51-48-45-42-39-35-21-18-15-12-9-6-3)54-61-56(58)50-47-44-41-38-36-33-31-25-23-20-17-14-11-8-5-2/h7,10,15-16,18-19,24-26,28-29,31,55H,4-6,8-9,11-14,17,20-23,27,30,32-54H2,1-3H3/b10-7-,18-15-,19-16-,26-24-,29-28-,31-25-. The van der Waals surface area contributed by atoms with Crippen LogP contribution < -0.4 is 0 Å². The number of rotatable bonds is 48. The van der Waals surface area contributed by atoms with Crippen molar-refractivity contribution in [2.45, 2.75) is 258 Å². The topological polar surface area (TPSA) is 61.8 Å². The van der Waals surface area contributed by atoms with Crippen molar-refractivity contribution in [1.82, 2.24) is 0 Å². The van der Waals surface area contributed by atoms with Gasteiger partial charge in [0.05, 0.1) is 6.61 Å². The molecular weight excluding hydrogens is 765 g/mol. The molecule has 0 aromatic heterocycles. The van der Waals surface area contributed by atoms with Crippen LogP contribution in [0.5, 0.6) is 0 Å². The van der Waals surface area contributed by atoms with E-state index >= 15 is 0 Å². The van der Waals surface area contributed by atoms with E-state index in [9.17, 15) is 9.59 Å². The summed E-state index contributed by atoms with van der Waals surface area (Å²) in [5.41, 5.74) is 0. The molecule has 0 N–H and O–H groups in total. The molecule has 0 bridgehead atoms. The summed E-state index contributed by atoms with van der Waals surface area (Å²) in [6.45, 7) is 7.65. The highest BCUT2D eigenvalue weighted by molar-refractivity contribution is 5.70. The van der Waals surface area contributed by atoms with E-state index in [1.165, 1.54) is 128 Å². The third-order valence-corrected chi connectivity index (χ3v) is 11.2. The Morgan fingerprint density at radius 3 is 1.23 bits per heavy atom. The number of ether oxygens (including phenoxy) is 3. The van der Waals surface area contributed by atoms with E-state index in [0.29, 0.717) is 19.4 Å². The molecule has 0 saturated carbocycles. The van der Waals surface area contributed by atoms with Crippen LogP contribution in [0.25, 0.3) is 0 Å². The summed E-state index contributed by atoms with van der Waals surface area (Å²) in [6, 6.07) is 0.